The van der Waals surface area contributed by atoms with Crippen LogP contribution < -0.4 is 4.90 Å². The number of aliphatic imine (C=N–C) groups is 1. The summed E-state index contributed by atoms with van der Waals surface area (Å²) in [4.78, 5) is 7.52. The van der Waals surface area contributed by atoms with Gasteiger partial charge in [0.2, 0.25) is 0 Å². The summed E-state index contributed by atoms with van der Waals surface area (Å²) in [5.74, 6) is 0.885. The van der Waals surface area contributed by atoms with Crippen molar-refractivity contribution in [1.29, 1.82) is 0 Å². The van der Waals surface area contributed by atoms with Crippen LogP contribution in [0, 0.1) is 5.41 Å². The third kappa shape index (κ3) is 4.66. The number of anilines is 1. The quantitative estimate of drug-likeness (QED) is 0.548. The summed E-state index contributed by atoms with van der Waals surface area (Å²) in [5.41, 5.74) is 0.365. The van der Waals surface area contributed by atoms with E-state index in [0.29, 0.717) is 0 Å². The molecule has 1 heterocycles. The lowest BCUT2D eigenvalue weighted by atomic mass is 9.87. The predicted molar refractivity (Wildman–Crippen MR) is 126 cm³/mol. The Kier molecular flexibility index (Phi) is 6.68. The van der Waals surface area contributed by atoms with E-state index in [2.05, 4.69) is 82.0 Å². The third-order valence-corrected chi connectivity index (χ3v) is 6.25. The van der Waals surface area contributed by atoms with Gasteiger partial charge < -0.3 is 10.0 Å². The number of benzene rings is 2. The Hall–Kier alpha value is -1.87. The van der Waals surface area contributed by atoms with Crippen molar-refractivity contribution >= 4 is 22.3 Å². The molecule has 1 atom stereocenters. The van der Waals surface area contributed by atoms with Crippen LogP contribution in [-0.4, -0.2) is 29.1 Å². The average Bonchev–Trinajstić information content (AvgIpc) is 3.17. The molecule has 1 aliphatic rings. The van der Waals surface area contributed by atoms with Crippen LogP contribution in [0.15, 0.2) is 47.5 Å². The van der Waals surface area contributed by atoms with Crippen LogP contribution in [0.4, 0.5) is 5.69 Å². The Labute approximate surface area is 176 Å². The fraction of sp³-hybridized carbons (Fsp3) is 0.577. The molecule has 0 aliphatic carbocycles. The standard InChI is InChI=1S/C26H38N2O/c1-6-8-17-26(29,18-9-7-2)24-27-23(25(3,4)5)19-28(24)22-16-12-14-20-13-10-11-15-21(20)22/h10-16,23,29H,6-9,17-19H2,1-5H3/t23-/m1/s1. The molecule has 0 aromatic heterocycles. The molecule has 3 rings (SSSR count). The SMILES string of the molecule is CCCCC(O)(CCCC)C1=N[C@@H](C(C)(C)C)CN1c1cccc2ccccc12. The minimum atomic E-state index is -0.858. The number of unbranched alkanes of at least 4 members (excludes halogenated alkanes) is 2. The van der Waals surface area contributed by atoms with Crippen molar-refractivity contribution < 1.29 is 5.11 Å². The van der Waals surface area contributed by atoms with E-state index in [-0.39, 0.29) is 11.5 Å². The van der Waals surface area contributed by atoms with Gasteiger partial charge in [-0.25, -0.2) is 0 Å². The first kappa shape index (κ1) is 21.8. The van der Waals surface area contributed by atoms with Gasteiger partial charge in [-0.05, 0) is 29.7 Å². The van der Waals surface area contributed by atoms with Crippen molar-refractivity contribution in [1.82, 2.24) is 0 Å². The maximum Gasteiger partial charge on any atom is 0.136 e. The van der Waals surface area contributed by atoms with Crippen molar-refractivity contribution in [3.05, 3.63) is 42.5 Å². The van der Waals surface area contributed by atoms with E-state index in [9.17, 15) is 5.11 Å². The molecular formula is C26H38N2O. The van der Waals surface area contributed by atoms with Gasteiger partial charge in [0.15, 0.2) is 0 Å². The number of rotatable bonds is 8. The molecule has 0 saturated heterocycles. The Bertz CT molecular complexity index is 836. The minimum Gasteiger partial charge on any atom is -0.382 e. The molecule has 158 valence electrons. The zero-order valence-electron chi connectivity index (χ0n) is 18.9. The second kappa shape index (κ2) is 8.87. The largest absolute Gasteiger partial charge is 0.382 e. The maximum absolute atomic E-state index is 11.9. The summed E-state index contributed by atoms with van der Waals surface area (Å²) in [7, 11) is 0. The molecule has 0 radical (unpaired) electrons. The highest BCUT2D eigenvalue weighted by Gasteiger charge is 2.43. The molecule has 3 nitrogen and oxygen atoms in total. The molecule has 1 N–H and O–H groups in total. The van der Waals surface area contributed by atoms with E-state index < -0.39 is 5.60 Å². The molecule has 0 unspecified atom stereocenters. The van der Waals surface area contributed by atoms with E-state index in [4.69, 9.17) is 4.99 Å². The summed E-state index contributed by atoms with van der Waals surface area (Å²) >= 11 is 0. The normalized spacial score (nSPS) is 17.8. The van der Waals surface area contributed by atoms with Gasteiger partial charge in [-0.3, -0.25) is 4.99 Å². The van der Waals surface area contributed by atoms with Crippen LogP contribution in [0.25, 0.3) is 10.8 Å². The van der Waals surface area contributed by atoms with Crippen LogP contribution in [0.5, 0.6) is 0 Å². The number of hydrogen-bond acceptors (Lipinski definition) is 3. The molecule has 2 aromatic rings. The molecule has 0 fully saturated rings. The van der Waals surface area contributed by atoms with Gasteiger partial charge in [0.1, 0.15) is 11.4 Å². The number of fused-ring (bicyclic) bond motifs is 1. The van der Waals surface area contributed by atoms with E-state index in [1.165, 1.54) is 16.5 Å². The molecule has 0 saturated carbocycles. The fourth-order valence-corrected chi connectivity index (χ4v) is 4.30. The summed E-state index contributed by atoms with van der Waals surface area (Å²) in [5, 5.41) is 14.3. The first-order valence-electron chi connectivity index (χ1n) is 11.4. The van der Waals surface area contributed by atoms with E-state index in [0.717, 1.165) is 50.9 Å². The Morgan fingerprint density at radius 3 is 2.21 bits per heavy atom. The van der Waals surface area contributed by atoms with Gasteiger partial charge in [-0.15, -0.1) is 0 Å². The van der Waals surface area contributed by atoms with Gasteiger partial charge in [-0.2, -0.15) is 0 Å². The molecule has 2 aromatic carbocycles. The van der Waals surface area contributed by atoms with Gasteiger partial charge in [0.25, 0.3) is 0 Å². The Morgan fingerprint density at radius 1 is 0.966 bits per heavy atom. The summed E-state index contributed by atoms with van der Waals surface area (Å²) in [6.45, 7) is 12.0. The van der Waals surface area contributed by atoms with E-state index in [1.807, 2.05) is 0 Å². The fourth-order valence-electron chi connectivity index (χ4n) is 4.30. The zero-order valence-corrected chi connectivity index (χ0v) is 18.9. The van der Waals surface area contributed by atoms with Crippen molar-refractivity contribution in [2.45, 2.75) is 84.8 Å². The second-order valence-corrected chi connectivity index (χ2v) is 9.68. The smallest absolute Gasteiger partial charge is 0.136 e. The lowest BCUT2D eigenvalue weighted by Gasteiger charge is -2.35. The predicted octanol–water partition coefficient (Wildman–Crippen LogP) is 6.58. The highest BCUT2D eigenvalue weighted by Crippen LogP contribution is 2.38. The summed E-state index contributed by atoms with van der Waals surface area (Å²) < 4.78 is 0. The number of aliphatic hydroxyl groups is 1. The number of nitrogens with zero attached hydrogens (tertiary/aromatic N) is 2. The molecule has 3 heteroatoms. The zero-order chi connectivity index (χ0) is 21.1. The topological polar surface area (TPSA) is 35.8 Å². The summed E-state index contributed by atoms with van der Waals surface area (Å²) in [6.07, 6.45) is 5.75. The first-order valence-corrected chi connectivity index (χ1v) is 11.4. The highest BCUT2D eigenvalue weighted by molar-refractivity contribution is 6.10. The van der Waals surface area contributed by atoms with Crippen LogP contribution in [0.2, 0.25) is 0 Å². The second-order valence-electron chi connectivity index (χ2n) is 9.68. The van der Waals surface area contributed by atoms with Crippen LogP contribution in [-0.2, 0) is 0 Å². The maximum atomic E-state index is 11.9. The molecule has 1 aliphatic heterocycles. The molecule has 0 spiro atoms. The van der Waals surface area contributed by atoms with Crippen molar-refractivity contribution in [2.75, 3.05) is 11.4 Å². The monoisotopic (exact) mass is 394 g/mol. The van der Waals surface area contributed by atoms with Gasteiger partial charge in [0, 0.05) is 11.9 Å². The molecular weight excluding hydrogens is 356 g/mol. The molecule has 29 heavy (non-hydrogen) atoms. The van der Waals surface area contributed by atoms with Gasteiger partial charge in [0.05, 0.1) is 11.7 Å². The van der Waals surface area contributed by atoms with Crippen molar-refractivity contribution in [2.24, 2.45) is 10.4 Å². The van der Waals surface area contributed by atoms with Crippen LogP contribution in [0.1, 0.15) is 73.1 Å². The first-order chi connectivity index (χ1) is 13.8. The van der Waals surface area contributed by atoms with Crippen LogP contribution >= 0.6 is 0 Å². The molecule has 0 bridgehead atoms. The van der Waals surface area contributed by atoms with Gasteiger partial charge in [-0.1, -0.05) is 96.7 Å². The Balaban J connectivity index is 2.10. The van der Waals surface area contributed by atoms with E-state index in [1.54, 1.807) is 0 Å². The minimum absolute atomic E-state index is 0.0566. The van der Waals surface area contributed by atoms with Gasteiger partial charge >= 0.3 is 0 Å². The lowest BCUT2D eigenvalue weighted by Crippen LogP contribution is -2.47. The lowest BCUT2D eigenvalue weighted by molar-refractivity contribution is 0.0862. The van der Waals surface area contributed by atoms with Crippen molar-refractivity contribution in [3.8, 4) is 0 Å². The van der Waals surface area contributed by atoms with Crippen LogP contribution in [0.3, 0.4) is 0 Å². The third-order valence-electron chi connectivity index (χ3n) is 6.25. The van der Waals surface area contributed by atoms with Crippen molar-refractivity contribution in [3.63, 3.8) is 0 Å². The molecule has 0 amide bonds. The van der Waals surface area contributed by atoms with E-state index >= 15 is 0 Å². The highest BCUT2D eigenvalue weighted by atomic mass is 16.3. The Morgan fingerprint density at radius 2 is 1.59 bits per heavy atom. The number of hydrogen-bond donors (Lipinski definition) is 1. The summed E-state index contributed by atoms with van der Waals surface area (Å²) in [6, 6.07) is 15.2. The number of amidine groups is 1. The average molecular weight is 395 g/mol.